The summed E-state index contributed by atoms with van der Waals surface area (Å²) in [5, 5.41) is 10.2. The lowest BCUT2D eigenvalue weighted by molar-refractivity contribution is -0.203. The average molecular weight is 311 g/mol. The van der Waals surface area contributed by atoms with Gasteiger partial charge >= 0.3 is 0 Å². The van der Waals surface area contributed by atoms with Crippen molar-refractivity contribution in [2.24, 2.45) is 0 Å². The lowest BCUT2D eigenvalue weighted by Gasteiger charge is -2.32. The summed E-state index contributed by atoms with van der Waals surface area (Å²) >= 11 is 0. The molecule has 2 fully saturated rings. The Morgan fingerprint density at radius 2 is 1.81 bits per heavy atom. The smallest absolute Gasteiger partial charge is 0.169 e. The molecule has 1 saturated carbocycles. The summed E-state index contributed by atoms with van der Waals surface area (Å²) in [4.78, 5) is 0. The van der Waals surface area contributed by atoms with Gasteiger partial charge in [-0.3, -0.25) is 0 Å². The summed E-state index contributed by atoms with van der Waals surface area (Å²) in [6.07, 6.45) is 5.38. The van der Waals surface area contributed by atoms with E-state index in [9.17, 15) is 5.11 Å². The van der Waals surface area contributed by atoms with E-state index in [4.69, 9.17) is 9.47 Å². The molecule has 1 aliphatic carbocycles. The number of aliphatic hydroxyl groups is 1. The first-order chi connectivity index (χ1) is 9.62. The van der Waals surface area contributed by atoms with E-state index in [1.54, 1.807) is 0 Å². The van der Waals surface area contributed by atoms with Gasteiger partial charge in [0.15, 0.2) is 5.79 Å². The summed E-state index contributed by atoms with van der Waals surface area (Å²) in [5.41, 5.74) is 2.89. The van der Waals surface area contributed by atoms with Crippen molar-refractivity contribution < 1.29 is 14.6 Å². The molecule has 0 bridgehead atoms. The van der Waals surface area contributed by atoms with Gasteiger partial charge in [0, 0.05) is 19.3 Å². The van der Waals surface area contributed by atoms with Crippen LogP contribution < -0.4 is 0 Å². The molecule has 1 heterocycles. The quantitative estimate of drug-likeness (QED) is 0.627. The summed E-state index contributed by atoms with van der Waals surface area (Å²) in [5.74, 6) is 2.61. The fraction of sp³-hybridized carbons (Fsp3) is 0.882. The Morgan fingerprint density at radius 3 is 2.38 bits per heavy atom. The lowest BCUT2D eigenvalue weighted by atomic mass is 9.94. The third-order valence-corrected chi connectivity index (χ3v) is 5.14. The Hall–Kier alpha value is -0.343. The van der Waals surface area contributed by atoms with E-state index in [0.29, 0.717) is 6.42 Å². The van der Waals surface area contributed by atoms with Crippen LogP contribution in [-0.2, 0) is 9.47 Å². The van der Waals surface area contributed by atoms with Gasteiger partial charge in [0.05, 0.1) is 11.7 Å². The highest BCUT2D eigenvalue weighted by Crippen LogP contribution is 2.45. The van der Waals surface area contributed by atoms with E-state index >= 15 is 0 Å². The van der Waals surface area contributed by atoms with Gasteiger partial charge in [-0.2, -0.15) is 0 Å². The first-order valence-electron chi connectivity index (χ1n) is 8.21. The second-order valence-corrected chi connectivity index (χ2v) is 12.8. The molecule has 1 aliphatic heterocycles. The fourth-order valence-corrected chi connectivity index (χ4v) is 3.77. The highest BCUT2D eigenvalue weighted by Gasteiger charge is 2.52. The first kappa shape index (κ1) is 17.0. The molecule has 4 heteroatoms. The van der Waals surface area contributed by atoms with Crippen LogP contribution >= 0.6 is 0 Å². The molecule has 1 spiro atoms. The van der Waals surface area contributed by atoms with Crippen molar-refractivity contribution in [3.8, 4) is 11.5 Å². The molecule has 0 aromatic heterocycles. The second-order valence-electron chi connectivity index (χ2n) is 8.05. The standard InChI is InChI=1S/C17H30O3Si/c1-16(2)15(13-14(18)9-12-21(3,4)5)19-17(20-16)10-7-6-8-11-17/h14-15,18H,6-8,10-11,13H2,1-5H3/t14-,15-/m1/s1. The van der Waals surface area contributed by atoms with E-state index < -0.39 is 20.0 Å². The molecular formula is C17H30O3Si. The van der Waals surface area contributed by atoms with Crippen molar-refractivity contribution >= 4 is 8.07 Å². The Balaban J connectivity index is 2.00. The molecule has 1 saturated heterocycles. The molecule has 0 unspecified atom stereocenters. The Labute approximate surface area is 130 Å². The maximum absolute atomic E-state index is 10.2. The van der Waals surface area contributed by atoms with Crippen molar-refractivity contribution in [2.45, 2.75) is 95.6 Å². The van der Waals surface area contributed by atoms with E-state index in [0.717, 1.165) is 12.8 Å². The fourth-order valence-electron chi connectivity index (χ4n) is 3.17. The maximum Gasteiger partial charge on any atom is 0.169 e. The molecule has 21 heavy (non-hydrogen) atoms. The SMILES string of the molecule is CC1(C)OC2(CCCCC2)O[C@@H]1C[C@H](O)C#C[Si](C)(C)C. The summed E-state index contributed by atoms with van der Waals surface area (Å²) in [6, 6.07) is 0. The first-order valence-corrected chi connectivity index (χ1v) is 11.7. The van der Waals surface area contributed by atoms with E-state index in [1.165, 1.54) is 19.3 Å². The summed E-state index contributed by atoms with van der Waals surface area (Å²) in [7, 11) is -1.44. The highest BCUT2D eigenvalue weighted by molar-refractivity contribution is 6.83. The number of aliphatic hydroxyl groups excluding tert-OH is 1. The highest BCUT2D eigenvalue weighted by atomic mass is 28.3. The molecule has 0 aromatic rings. The van der Waals surface area contributed by atoms with Crippen molar-refractivity contribution in [3.05, 3.63) is 0 Å². The van der Waals surface area contributed by atoms with Crippen LogP contribution in [0.25, 0.3) is 0 Å². The third-order valence-electron chi connectivity index (χ3n) is 4.25. The van der Waals surface area contributed by atoms with Crippen LogP contribution in [0.4, 0.5) is 0 Å². The Kier molecular flexibility index (Phi) is 4.89. The predicted octanol–water partition coefficient (Wildman–Crippen LogP) is 3.47. The molecule has 0 amide bonds. The molecule has 0 radical (unpaired) electrons. The van der Waals surface area contributed by atoms with Crippen LogP contribution in [0.3, 0.4) is 0 Å². The van der Waals surface area contributed by atoms with Crippen LogP contribution in [0.15, 0.2) is 0 Å². The number of hydrogen-bond donors (Lipinski definition) is 1. The zero-order valence-electron chi connectivity index (χ0n) is 14.2. The van der Waals surface area contributed by atoms with Gasteiger partial charge in [0.25, 0.3) is 0 Å². The normalized spacial score (nSPS) is 29.0. The molecule has 2 atom stereocenters. The number of rotatable bonds is 2. The van der Waals surface area contributed by atoms with Crippen LogP contribution in [0.1, 0.15) is 52.4 Å². The molecule has 2 aliphatic rings. The zero-order valence-corrected chi connectivity index (χ0v) is 15.2. The van der Waals surface area contributed by atoms with E-state index in [1.807, 2.05) is 0 Å². The maximum atomic E-state index is 10.2. The average Bonchev–Trinajstić information content (AvgIpc) is 2.57. The molecule has 1 N–H and O–H groups in total. The monoisotopic (exact) mass is 310 g/mol. The van der Waals surface area contributed by atoms with Crippen molar-refractivity contribution in [1.29, 1.82) is 0 Å². The lowest BCUT2D eigenvalue weighted by Crippen LogP contribution is -2.36. The minimum atomic E-state index is -1.44. The van der Waals surface area contributed by atoms with E-state index in [2.05, 4.69) is 45.0 Å². The van der Waals surface area contributed by atoms with Gasteiger partial charge < -0.3 is 14.6 Å². The predicted molar refractivity (Wildman–Crippen MR) is 87.6 cm³/mol. The Morgan fingerprint density at radius 1 is 1.19 bits per heavy atom. The van der Waals surface area contributed by atoms with Crippen molar-refractivity contribution in [2.75, 3.05) is 0 Å². The van der Waals surface area contributed by atoms with Gasteiger partial charge in [0.2, 0.25) is 0 Å². The molecule has 3 nitrogen and oxygen atoms in total. The van der Waals surface area contributed by atoms with Crippen LogP contribution in [0, 0.1) is 11.5 Å². The molecule has 120 valence electrons. The minimum absolute atomic E-state index is 0.0819. The number of ether oxygens (including phenoxy) is 2. The van der Waals surface area contributed by atoms with Crippen LogP contribution in [0.5, 0.6) is 0 Å². The zero-order chi connectivity index (χ0) is 15.7. The van der Waals surface area contributed by atoms with Gasteiger partial charge in [0.1, 0.15) is 14.2 Å². The van der Waals surface area contributed by atoms with Crippen molar-refractivity contribution in [3.63, 3.8) is 0 Å². The van der Waals surface area contributed by atoms with Gasteiger partial charge in [-0.15, -0.1) is 5.54 Å². The molecule has 2 rings (SSSR count). The minimum Gasteiger partial charge on any atom is -0.380 e. The van der Waals surface area contributed by atoms with E-state index in [-0.39, 0.29) is 11.7 Å². The molecule has 0 aromatic carbocycles. The summed E-state index contributed by atoms with van der Waals surface area (Å²) in [6.45, 7) is 10.7. The van der Waals surface area contributed by atoms with Gasteiger partial charge in [-0.1, -0.05) is 32.0 Å². The third kappa shape index (κ3) is 4.56. The largest absolute Gasteiger partial charge is 0.380 e. The second kappa shape index (κ2) is 6.04. The number of hydrogen-bond acceptors (Lipinski definition) is 3. The Bertz CT molecular complexity index is 422. The summed E-state index contributed by atoms with van der Waals surface area (Å²) < 4.78 is 12.5. The van der Waals surface area contributed by atoms with Gasteiger partial charge in [-0.25, -0.2) is 0 Å². The topological polar surface area (TPSA) is 38.7 Å². The molecular weight excluding hydrogens is 280 g/mol. The van der Waals surface area contributed by atoms with Gasteiger partial charge in [-0.05, 0) is 26.7 Å². The van der Waals surface area contributed by atoms with Crippen LogP contribution in [-0.4, -0.2) is 36.8 Å². The van der Waals surface area contributed by atoms with Crippen molar-refractivity contribution in [1.82, 2.24) is 0 Å². The van der Waals surface area contributed by atoms with Crippen LogP contribution in [0.2, 0.25) is 19.6 Å².